The van der Waals surface area contributed by atoms with Crippen LogP contribution in [0, 0.1) is 0 Å². The van der Waals surface area contributed by atoms with E-state index in [4.69, 9.17) is 18.9 Å². The third kappa shape index (κ3) is 5.42. The predicted octanol–water partition coefficient (Wildman–Crippen LogP) is 4.37. The van der Waals surface area contributed by atoms with Crippen molar-refractivity contribution in [1.82, 2.24) is 4.57 Å². The molecule has 1 aliphatic rings. The van der Waals surface area contributed by atoms with E-state index in [9.17, 15) is 9.59 Å². The lowest BCUT2D eigenvalue weighted by Gasteiger charge is -2.26. The van der Waals surface area contributed by atoms with Crippen LogP contribution in [0.2, 0.25) is 0 Å². The fourth-order valence-corrected chi connectivity index (χ4v) is 5.70. The van der Waals surface area contributed by atoms with Gasteiger partial charge >= 0.3 is 5.97 Å². The Morgan fingerprint density at radius 2 is 1.84 bits per heavy atom. The molecule has 1 atom stereocenters. The number of esters is 1. The molecule has 0 aliphatic carbocycles. The molecule has 0 N–H and O–H groups in total. The summed E-state index contributed by atoms with van der Waals surface area (Å²) in [5.41, 5.74) is 1.90. The van der Waals surface area contributed by atoms with E-state index in [1.807, 2.05) is 31.2 Å². The van der Waals surface area contributed by atoms with Crippen LogP contribution in [0.3, 0.4) is 0 Å². The van der Waals surface area contributed by atoms with Crippen molar-refractivity contribution in [3.8, 4) is 17.2 Å². The summed E-state index contributed by atoms with van der Waals surface area (Å²) < 4.78 is 25.1. The van der Waals surface area contributed by atoms with Gasteiger partial charge in [0.2, 0.25) is 0 Å². The summed E-state index contributed by atoms with van der Waals surface area (Å²) >= 11 is 4.77. The monoisotopic (exact) mass is 600 g/mol. The van der Waals surface area contributed by atoms with Gasteiger partial charge in [-0.25, -0.2) is 9.79 Å². The maximum absolute atomic E-state index is 13.9. The van der Waals surface area contributed by atoms with Crippen LogP contribution in [-0.4, -0.2) is 37.5 Å². The zero-order valence-electron chi connectivity index (χ0n) is 22.0. The number of benzene rings is 2. The Hall–Kier alpha value is -3.37. The molecule has 4 rings (SSSR count). The van der Waals surface area contributed by atoms with Crippen LogP contribution in [0.25, 0.3) is 6.08 Å². The van der Waals surface area contributed by atoms with Gasteiger partial charge < -0.3 is 18.9 Å². The minimum atomic E-state index is -0.790. The van der Waals surface area contributed by atoms with Crippen LogP contribution in [0.1, 0.15) is 44.9 Å². The van der Waals surface area contributed by atoms with Gasteiger partial charge in [0.25, 0.3) is 5.56 Å². The molecule has 10 heteroatoms. The number of hydrogen-bond acceptors (Lipinski definition) is 8. The van der Waals surface area contributed by atoms with Gasteiger partial charge in [0.05, 0.1) is 42.7 Å². The molecule has 0 amide bonds. The first-order chi connectivity index (χ1) is 18.2. The molecule has 2 aromatic carbocycles. The number of rotatable bonds is 8. The highest BCUT2D eigenvalue weighted by atomic mass is 79.9. The van der Waals surface area contributed by atoms with Crippen LogP contribution in [0.4, 0.5) is 0 Å². The molecule has 38 heavy (non-hydrogen) atoms. The summed E-state index contributed by atoms with van der Waals surface area (Å²) in [6.45, 7) is 7.69. The van der Waals surface area contributed by atoms with Gasteiger partial charge in [-0.3, -0.25) is 9.36 Å². The third-order valence-corrected chi connectivity index (χ3v) is 7.33. The molecule has 0 bridgehead atoms. The van der Waals surface area contributed by atoms with Gasteiger partial charge in [0.1, 0.15) is 11.8 Å². The first kappa shape index (κ1) is 27.7. The first-order valence-corrected chi connectivity index (χ1v) is 13.7. The predicted molar refractivity (Wildman–Crippen MR) is 150 cm³/mol. The van der Waals surface area contributed by atoms with E-state index < -0.39 is 12.0 Å². The van der Waals surface area contributed by atoms with E-state index in [1.165, 1.54) is 15.9 Å². The normalized spacial score (nSPS) is 15.3. The molecule has 1 aromatic heterocycles. The Morgan fingerprint density at radius 3 is 2.50 bits per heavy atom. The summed E-state index contributed by atoms with van der Waals surface area (Å²) in [6.07, 6.45) is 1.44. The zero-order valence-corrected chi connectivity index (χ0v) is 24.4. The maximum Gasteiger partial charge on any atom is 0.338 e. The minimum Gasteiger partial charge on any atom is -0.496 e. The number of hydrogen-bond donors (Lipinski definition) is 0. The second kappa shape index (κ2) is 11.6. The van der Waals surface area contributed by atoms with Crippen molar-refractivity contribution in [1.29, 1.82) is 0 Å². The lowest BCUT2D eigenvalue weighted by atomic mass is 9.95. The standard InChI is InChI=1S/C28H29BrN2O6S/c1-7-36-22-12-17(8-10-21(22)35-6)13-23-26(32)31-25(19-14-18(29)9-11-20(19)34-5)24(27(33)37-15(2)3)16(4)30-28(31)38-23/h8-15,25H,7H2,1-6H3/b23-13-/t25-/m1/s1. The largest absolute Gasteiger partial charge is 0.496 e. The van der Waals surface area contributed by atoms with E-state index in [1.54, 1.807) is 53.2 Å². The van der Waals surface area contributed by atoms with Gasteiger partial charge in [-0.15, -0.1) is 0 Å². The summed E-state index contributed by atoms with van der Waals surface area (Å²) in [5, 5.41) is 0. The van der Waals surface area contributed by atoms with Gasteiger partial charge in [0.15, 0.2) is 16.3 Å². The molecule has 200 valence electrons. The molecule has 0 saturated heterocycles. The molecule has 0 radical (unpaired) electrons. The molecular weight excluding hydrogens is 572 g/mol. The highest BCUT2D eigenvalue weighted by molar-refractivity contribution is 9.10. The van der Waals surface area contributed by atoms with Gasteiger partial charge in [0, 0.05) is 10.0 Å². The molecule has 0 saturated carbocycles. The van der Waals surface area contributed by atoms with Crippen LogP contribution >= 0.6 is 27.3 Å². The molecule has 0 spiro atoms. The van der Waals surface area contributed by atoms with E-state index in [2.05, 4.69) is 20.9 Å². The van der Waals surface area contributed by atoms with Crippen LogP contribution in [-0.2, 0) is 9.53 Å². The van der Waals surface area contributed by atoms with E-state index in [0.717, 1.165) is 10.0 Å². The molecule has 1 aliphatic heterocycles. The Balaban J connectivity index is 1.96. The number of aromatic nitrogens is 1. The maximum atomic E-state index is 13.9. The van der Waals surface area contributed by atoms with Crippen molar-refractivity contribution in [3.05, 3.63) is 83.0 Å². The summed E-state index contributed by atoms with van der Waals surface area (Å²) in [4.78, 5) is 32.4. The topological polar surface area (TPSA) is 88.4 Å². The third-order valence-electron chi connectivity index (χ3n) is 5.86. The van der Waals surface area contributed by atoms with Gasteiger partial charge in [-0.2, -0.15) is 0 Å². The van der Waals surface area contributed by atoms with E-state index >= 15 is 0 Å². The number of carbonyl (C=O) groups is 1. The van der Waals surface area contributed by atoms with Crippen LogP contribution in [0.15, 0.2) is 61.9 Å². The molecule has 8 nitrogen and oxygen atoms in total. The van der Waals surface area contributed by atoms with Gasteiger partial charge in [-0.1, -0.05) is 33.3 Å². The molecular formula is C28H29BrN2O6S. The summed E-state index contributed by atoms with van der Waals surface area (Å²) in [7, 11) is 3.13. The Kier molecular flexibility index (Phi) is 8.42. The smallest absolute Gasteiger partial charge is 0.338 e. The minimum absolute atomic E-state index is 0.281. The van der Waals surface area contributed by atoms with Crippen molar-refractivity contribution in [3.63, 3.8) is 0 Å². The fourth-order valence-electron chi connectivity index (χ4n) is 4.28. The molecule has 0 unspecified atom stereocenters. The summed E-state index contributed by atoms with van der Waals surface area (Å²) in [6, 6.07) is 10.2. The number of halogens is 1. The average molecular weight is 602 g/mol. The summed E-state index contributed by atoms with van der Waals surface area (Å²) in [5.74, 6) is 1.20. The lowest BCUT2D eigenvalue weighted by Crippen LogP contribution is -2.40. The molecule has 3 aromatic rings. The SMILES string of the molecule is CCOc1cc(/C=c2\sc3n(c2=O)[C@H](c2cc(Br)ccc2OC)C(C(=O)OC(C)C)=C(C)N=3)ccc1OC. The highest BCUT2D eigenvalue weighted by Crippen LogP contribution is 2.37. The van der Waals surface area contributed by atoms with E-state index in [-0.39, 0.29) is 17.2 Å². The number of carbonyl (C=O) groups excluding carboxylic acids is 1. The van der Waals surface area contributed by atoms with E-state index in [0.29, 0.717) is 44.4 Å². The molecule has 0 fully saturated rings. The average Bonchev–Trinajstić information content (AvgIpc) is 3.17. The second-order valence-electron chi connectivity index (χ2n) is 8.77. The van der Waals surface area contributed by atoms with Crippen molar-refractivity contribution < 1.29 is 23.7 Å². The van der Waals surface area contributed by atoms with Crippen LogP contribution < -0.4 is 29.1 Å². The van der Waals surface area contributed by atoms with Crippen molar-refractivity contribution >= 4 is 39.3 Å². The Labute approximate surface area is 233 Å². The zero-order chi connectivity index (χ0) is 27.6. The number of ether oxygens (including phenoxy) is 4. The highest BCUT2D eigenvalue weighted by Gasteiger charge is 2.35. The Bertz CT molecular complexity index is 1590. The quantitative estimate of drug-likeness (QED) is 0.357. The lowest BCUT2D eigenvalue weighted by molar-refractivity contribution is -0.143. The van der Waals surface area contributed by atoms with Crippen LogP contribution in [0.5, 0.6) is 17.2 Å². The van der Waals surface area contributed by atoms with Crippen molar-refractivity contribution in [2.45, 2.75) is 39.8 Å². The number of thiazole rings is 1. The number of methoxy groups -OCH3 is 2. The molecule has 2 heterocycles. The van der Waals surface area contributed by atoms with Gasteiger partial charge in [-0.05, 0) is 69.7 Å². The Morgan fingerprint density at radius 1 is 1.13 bits per heavy atom. The fraction of sp³-hybridized carbons (Fsp3) is 0.321. The van der Waals surface area contributed by atoms with Crippen molar-refractivity contribution in [2.75, 3.05) is 20.8 Å². The number of fused-ring (bicyclic) bond motifs is 1. The first-order valence-electron chi connectivity index (χ1n) is 12.1. The number of allylic oxidation sites excluding steroid dienone is 1. The number of nitrogens with zero attached hydrogens (tertiary/aromatic N) is 2. The van der Waals surface area contributed by atoms with Crippen molar-refractivity contribution in [2.24, 2.45) is 4.99 Å². The second-order valence-corrected chi connectivity index (χ2v) is 10.7.